The summed E-state index contributed by atoms with van der Waals surface area (Å²) in [6.07, 6.45) is -2.59. The molecule has 6 heteroatoms. The lowest BCUT2D eigenvalue weighted by molar-refractivity contribution is 0.0721. The summed E-state index contributed by atoms with van der Waals surface area (Å²) in [5.41, 5.74) is 0. The zero-order valence-electron chi connectivity index (χ0n) is 5.32. The Balaban J connectivity index is 2.39. The van der Waals surface area contributed by atoms with Gasteiger partial charge in [-0.25, -0.2) is 0 Å². The predicted molar refractivity (Wildman–Crippen MR) is 45.7 cm³/mol. The molecular formula is C4H8Cl3NOSi. The summed E-state index contributed by atoms with van der Waals surface area (Å²) in [7, 11) is 0. The number of ether oxygens (including phenoxy) is 1. The molecule has 0 radical (unpaired) electrons. The van der Waals surface area contributed by atoms with Gasteiger partial charge in [0.25, 0.3) is 0 Å². The van der Waals surface area contributed by atoms with Gasteiger partial charge < -0.3 is 4.74 Å². The first kappa shape index (κ1) is 9.10. The van der Waals surface area contributed by atoms with Gasteiger partial charge in [-0.3, -0.25) is 4.57 Å². The molecule has 1 heterocycles. The van der Waals surface area contributed by atoms with Crippen LogP contribution in [-0.2, 0) is 4.74 Å². The average Bonchev–Trinajstić information content (AvgIpc) is 1.88. The van der Waals surface area contributed by atoms with Crippen molar-refractivity contribution in [1.29, 1.82) is 0 Å². The Morgan fingerprint density at radius 1 is 1.10 bits per heavy atom. The van der Waals surface area contributed by atoms with E-state index in [4.69, 9.17) is 38.0 Å². The van der Waals surface area contributed by atoms with E-state index in [0.717, 1.165) is 13.1 Å². The molecule has 1 rings (SSSR count). The second-order valence-electron chi connectivity index (χ2n) is 2.07. The molecule has 1 aliphatic rings. The maximum absolute atomic E-state index is 5.75. The largest absolute Gasteiger partial charge is 0.424 e. The van der Waals surface area contributed by atoms with Gasteiger partial charge in [0, 0.05) is 13.1 Å². The van der Waals surface area contributed by atoms with E-state index in [-0.39, 0.29) is 0 Å². The van der Waals surface area contributed by atoms with Crippen LogP contribution in [0.3, 0.4) is 0 Å². The minimum absolute atomic E-state index is 0.681. The minimum Gasteiger partial charge on any atom is -0.379 e. The molecule has 1 fully saturated rings. The second kappa shape index (κ2) is 3.60. The maximum atomic E-state index is 5.75. The Labute approximate surface area is 75.2 Å². The van der Waals surface area contributed by atoms with E-state index < -0.39 is 6.16 Å². The third kappa shape index (κ3) is 2.56. The van der Waals surface area contributed by atoms with E-state index in [0.29, 0.717) is 13.2 Å². The van der Waals surface area contributed by atoms with Gasteiger partial charge in [-0.05, 0) is 0 Å². The summed E-state index contributed by atoms with van der Waals surface area (Å²) in [6, 6.07) is 0. The zero-order valence-corrected chi connectivity index (χ0v) is 8.59. The van der Waals surface area contributed by atoms with Crippen LogP contribution in [0.1, 0.15) is 0 Å². The molecule has 0 atom stereocenters. The number of hydrogen-bond acceptors (Lipinski definition) is 2. The lowest BCUT2D eigenvalue weighted by Gasteiger charge is -2.30. The van der Waals surface area contributed by atoms with Crippen molar-refractivity contribution in [2.24, 2.45) is 0 Å². The number of morpholine rings is 1. The van der Waals surface area contributed by atoms with Gasteiger partial charge in [0.1, 0.15) is 0 Å². The van der Waals surface area contributed by atoms with Crippen LogP contribution < -0.4 is 0 Å². The molecule has 60 valence electrons. The average molecular weight is 221 g/mol. The molecule has 0 bridgehead atoms. The van der Waals surface area contributed by atoms with Gasteiger partial charge in [-0.1, -0.05) is 0 Å². The summed E-state index contributed by atoms with van der Waals surface area (Å²) in [5, 5.41) is 0. The highest BCUT2D eigenvalue weighted by Gasteiger charge is 2.35. The summed E-state index contributed by atoms with van der Waals surface area (Å²) in [6.45, 7) is 2.87. The van der Waals surface area contributed by atoms with Crippen molar-refractivity contribution in [3.05, 3.63) is 0 Å². The van der Waals surface area contributed by atoms with E-state index in [1.807, 2.05) is 4.57 Å². The molecule has 0 aromatic heterocycles. The second-order valence-corrected chi connectivity index (χ2v) is 10.3. The van der Waals surface area contributed by atoms with Crippen LogP contribution in [0.2, 0.25) is 0 Å². The van der Waals surface area contributed by atoms with Gasteiger partial charge in [0.2, 0.25) is 0 Å². The van der Waals surface area contributed by atoms with Crippen LogP contribution in [0.5, 0.6) is 0 Å². The van der Waals surface area contributed by atoms with Crippen molar-refractivity contribution in [3.63, 3.8) is 0 Å². The third-order valence-corrected chi connectivity index (χ3v) is 4.69. The van der Waals surface area contributed by atoms with Gasteiger partial charge in [0.05, 0.1) is 13.2 Å². The third-order valence-electron chi connectivity index (χ3n) is 1.37. The fourth-order valence-electron chi connectivity index (χ4n) is 0.817. The molecule has 0 unspecified atom stereocenters. The van der Waals surface area contributed by atoms with Crippen molar-refractivity contribution in [2.45, 2.75) is 0 Å². The van der Waals surface area contributed by atoms with E-state index in [2.05, 4.69) is 0 Å². The SMILES string of the molecule is Cl[Si](Cl)(Cl)N1CCOCC1. The molecule has 1 saturated heterocycles. The summed E-state index contributed by atoms with van der Waals surface area (Å²) < 4.78 is 6.99. The Morgan fingerprint density at radius 3 is 1.90 bits per heavy atom. The quantitative estimate of drug-likeness (QED) is 0.490. The first-order chi connectivity index (χ1) is 4.61. The van der Waals surface area contributed by atoms with Gasteiger partial charge in [-0.15, -0.1) is 33.2 Å². The van der Waals surface area contributed by atoms with Gasteiger partial charge >= 0.3 is 6.16 Å². The zero-order chi connectivity index (χ0) is 7.61. The first-order valence-electron chi connectivity index (χ1n) is 3.00. The highest BCUT2D eigenvalue weighted by molar-refractivity contribution is 7.63. The standard InChI is InChI=1S/C4H8Cl3NOSi/c5-10(6,7)8-1-3-9-4-2-8/h1-4H2. The van der Waals surface area contributed by atoms with E-state index in [1.54, 1.807) is 0 Å². The maximum Gasteiger partial charge on any atom is 0.424 e. The van der Waals surface area contributed by atoms with Crippen molar-refractivity contribution >= 4 is 39.4 Å². The van der Waals surface area contributed by atoms with Crippen LogP contribution >= 0.6 is 33.2 Å². The molecule has 0 N–H and O–H groups in total. The summed E-state index contributed by atoms with van der Waals surface area (Å²) >= 11 is 17.3. The number of halogens is 3. The molecule has 0 aliphatic carbocycles. The van der Waals surface area contributed by atoms with Crippen LogP contribution in [-0.4, -0.2) is 37.0 Å². The fourth-order valence-corrected chi connectivity index (χ4v) is 3.03. The van der Waals surface area contributed by atoms with Crippen LogP contribution in [0.4, 0.5) is 0 Å². The first-order valence-corrected chi connectivity index (χ1v) is 7.98. The van der Waals surface area contributed by atoms with Crippen LogP contribution in [0.25, 0.3) is 0 Å². The number of hydrogen-bond donors (Lipinski definition) is 0. The number of rotatable bonds is 1. The van der Waals surface area contributed by atoms with Crippen LogP contribution in [0.15, 0.2) is 0 Å². The molecule has 0 spiro atoms. The van der Waals surface area contributed by atoms with Crippen molar-refractivity contribution in [2.75, 3.05) is 26.3 Å². The molecule has 0 saturated carbocycles. The van der Waals surface area contributed by atoms with Crippen LogP contribution in [0, 0.1) is 0 Å². The topological polar surface area (TPSA) is 12.5 Å². The molecule has 1 aliphatic heterocycles. The van der Waals surface area contributed by atoms with Crippen molar-refractivity contribution < 1.29 is 4.74 Å². The monoisotopic (exact) mass is 219 g/mol. The molecule has 0 aromatic rings. The smallest absolute Gasteiger partial charge is 0.379 e. The van der Waals surface area contributed by atoms with E-state index in [9.17, 15) is 0 Å². The minimum atomic E-state index is -2.59. The van der Waals surface area contributed by atoms with Gasteiger partial charge in [0.15, 0.2) is 0 Å². The Hall–Kier alpha value is 1.01. The predicted octanol–water partition coefficient (Wildman–Crippen LogP) is 1.47. The summed E-state index contributed by atoms with van der Waals surface area (Å²) in [5.74, 6) is 0. The van der Waals surface area contributed by atoms with Gasteiger partial charge in [-0.2, -0.15) is 0 Å². The lowest BCUT2D eigenvalue weighted by atomic mass is 10.5. The molecule has 0 aromatic carbocycles. The highest BCUT2D eigenvalue weighted by atomic mass is 35.8. The normalized spacial score (nSPS) is 23.1. The molecule has 2 nitrogen and oxygen atoms in total. The number of nitrogens with zero attached hydrogens (tertiary/aromatic N) is 1. The van der Waals surface area contributed by atoms with Crippen molar-refractivity contribution in [1.82, 2.24) is 4.57 Å². The lowest BCUT2D eigenvalue weighted by Crippen LogP contribution is -2.47. The summed E-state index contributed by atoms with van der Waals surface area (Å²) in [4.78, 5) is 0. The fraction of sp³-hybridized carbons (Fsp3) is 1.00. The Morgan fingerprint density at radius 2 is 1.60 bits per heavy atom. The molecule has 10 heavy (non-hydrogen) atoms. The Kier molecular flexibility index (Phi) is 3.28. The Bertz CT molecular complexity index is 112. The van der Waals surface area contributed by atoms with E-state index >= 15 is 0 Å². The molecular weight excluding hydrogens is 212 g/mol. The molecule has 0 amide bonds. The van der Waals surface area contributed by atoms with Crippen molar-refractivity contribution in [3.8, 4) is 0 Å². The van der Waals surface area contributed by atoms with E-state index in [1.165, 1.54) is 0 Å². The highest BCUT2D eigenvalue weighted by Crippen LogP contribution is 2.25.